The third kappa shape index (κ3) is 3.39. The Morgan fingerprint density at radius 2 is 2.12 bits per heavy atom. The van der Waals surface area contributed by atoms with E-state index >= 15 is 0 Å². The highest BCUT2D eigenvalue weighted by atomic mass is 16.5. The van der Waals surface area contributed by atoms with E-state index in [9.17, 15) is 0 Å². The molecule has 0 spiro atoms. The third-order valence-corrected chi connectivity index (χ3v) is 1.90. The van der Waals surface area contributed by atoms with Crippen molar-refractivity contribution < 1.29 is 4.74 Å². The van der Waals surface area contributed by atoms with Crippen molar-refractivity contribution in [3.63, 3.8) is 0 Å². The number of hydrogen-bond acceptors (Lipinski definition) is 6. The van der Waals surface area contributed by atoms with Gasteiger partial charge in [-0.05, 0) is 0 Å². The molecule has 16 heavy (non-hydrogen) atoms. The first-order chi connectivity index (χ1) is 7.79. The number of nitrogens with two attached hydrogens (primary N) is 1. The second-order valence-electron chi connectivity index (χ2n) is 3.07. The topological polar surface area (TPSA) is 85.1 Å². The molecule has 0 saturated carbocycles. The van der Waals surface area contributed by atoms with Crippen LogP contribution in [-0.4, -0.2) is 36.8 Å². The van der Waals surface area contributed by atoms with Gasteiger partial charge in [0.1, 0.15) is 12.0 Å². The molecule has 0 unspecified atom stereocenters. The summed E-state index contributed by atoms with van der Waals surface area (Å²) in [6, 6.07) is 0. The van der Waals surface area contributed by atoms with Crippen LogP contribution in [0.15, 0.2) is 19.0 Å². The molecule has 1 aromatic rings. The van der Waals surface area contributed by atoms with E-state index in [-0.39, 0.29) is 0 Å². The largest absolute Gasteiger partial charge is 0.393 e. The average Bonchev–Trinajstić information content (AvgIpc) is 2.30. The standard InChI is InChI=1S/C10H17N5O/c1-3-4-12-9-8(11)10(15-7-14-9)13-5-6-16-2/h3,7H,1,4-6,11H2,2H3,(H2,12,13,14,15). The fraction of sp³-hybridized carbons (Fsp3) is 0.400. The Balaban J connectivity index is 2.66. The number of methoxy groups -OCH3 is 1. The molecule has 0 bridgehead atoms. The molecule has 0 fully saturated rings. The predicted molar refractivity (Wildman–Crippen MR) is 65.5 cm³/mol. The van der Waals surface area contributed by atoms with Gasteiger partial charge in [-0.25, -0.2) is 9.97 Å². The predicted octanol–water partition coefficient (Wildman–Crippen LogP) is 0.715. The molecule has 88 valence electrons. The summed E-state index contributed by atoms with van der Waals surface area (Å²) in [6.07, 6.45) is 3.19. The molecule has 4 N–H and O–H groups in total. The average molecular weight is 223 g/mol. The van der Waals surface area contributed by atoms with Gasteiger partial charge in [-0.1, -0.05) is 6.08 Å². The van der Waals surface area contributed by atoms with Crippen LogP contribution in [0.3, 0.4) is 0 Å². The van der Waals surface area contributed by atoms with Gasteiger partial charge >= 0.3 is 0 Å². The monoisotopic (exact) mass is 223 g/mol. The van der Waals surface area contributed by atoms with Gasteiger partial charge in [-0.15, -0.1) is 6.58 Å². The number of nitrogen functional groups attached to an aromatic ring is 1. The lowest BCUT2D eigenvalue weighted by Crippen LogP contribution is -2.13. The molecule has 0 aliphatic rings. The van der Waals surface area contributed by atoms with Gasteiger partial charge in [-0.3, -0.25) is 0 Å². The fourth-order valence-corrected chi connectivity index (χ4v) is 1.12. The Morgan fingerprint density at radius 3 is 2.75 bits per heavy atom. The van der Waals surface area contributed by atoms with E-state index in [0.29, 0.717) is 37.0 Å². The van der Waals surface area contributed by atoms with Gasteiger partial charge in [0.2, 0.25) is 0 Å². The van der Waals surface area contributed by atoms with E-state index in [0.717, 1.165) is 0 Å². The fourth-order valence-electron chi connectivity index (χ4n) is 1.12. The normalized spacial score (nSPS) is 9.81. The number of nitrogens with zero attached hydrogens (tertiary/aromatic N) is 2. The van der Waals surface area contributed by atoms with E-state index in [4.69, 9.17) is 10.5 Å². The lowest BCUT2D eigenvalue weighted by atomic mass is 10.4. The van der Waals surface area contributed by atoms with Crippen molar-refractivity contribution in [1.82, 2.24) is 9.97 Å². The van der Waals surface area contributed by atoms with Crippen LogP contribution in [0.5, 0.6) is 0 Å². The number of hydrogen-bond donors (Lipinski definition) is 3. The zero-order chi connectivity index (χ0) is 11.8. The molecule has 6 heteroatoms. The smallest absolute Gasteiger partial charge is 0.155 e. The van der Waals surface area contributed by atoms with Gasteiger partial charge < -0.3 is 21.1 Å². The first-order valence-electron chi connectivity index (χ1n) is 4.97. The molecule has 0 aliphatic carbocycles. The van der Waals surface area contributed by atoms with Crippen LogP contribution in [0.25, 0.3) is 0 Å². The Bertz CT molecular complexity index is 342. The van der Waals surface area contributed by atoms with E-state index < -0.39 is 0 Å². The van der Waals surface area contributed by atoms with Crippen LogP contribution in [0, 0.1) is 0 Å². The minimum Gasteiger partial charge on any atom is -0.393 e. The van der Waals surface area contributed by atoms with Crippen LogP contribution < -0.4 is 16.4 Å². The molecule has 0 saturated heterocycles. The molecule has 0 radical (unpaired) electrons. The van der Waals surface area contributed by atoms with Crippen LogP contribution in [0.1, 0.15) is 0 Å². The SMILES string of the molecule is C=CCNc1ncnc(NCCOC)c1N. The minimum absolute atomic E-state index is 0.500. The first kappa shape index (κ1) is 12.3. The number of rotatable bonds is 7. The molecule has 0 atom stereocenters. The Morgan fingerprint density at radius 1 is 1.44 bits per heavy atom. The lowest BCUT2D eigenvalue weighted by molar-refractivity contribution is 0.210. The zero-order valence-corrected chi connectivity index (χ0v) is 9.36. The summed E-state index contributed by atoms with van der Waals surface area (Å²) in [4.78, 5) is 8.09. The molecular formula is C10H17N5O. The van der Waals surface area contributed by atoms with E-state index in [1.165, 1.54) is 6.33 Å². The summed E-state index contributed by atoms with van der Waals surface area (Å²) >= 11 is 0. The molecule has 0 amide bonds. The van der Waals surface area contributed by atoms with Crippen molar-refractivity contribution in [1.29, 1.82) is 0 Å². The number of nitrogens with one attached hydrogen (secondary N) is 2. The van der Waals surface area contributed by atoms with Crippen LogP contribution in [-0.2, 0) is 4.74 Å². The molecule has 0 aromatic carbocycles. The summed E-state index contributed by atoms with van der Waals surface area (Å²) in [5.74, 6) is 1.22. The first-order valence-corrected chi connectivity index (χ1v) is 4.97. The number of anilines is 3. The maximum Gasteiger partial charge on any atom is 0.155 e. The molecule has 6 nitrogen and oxygen atoms in total. The Labute approximate surface area is 94.9 Å². The zero-order valence-electron chi connectivity index (χ0n) is 9.36. The van der Waals surface area contributed by atoms with Gasteiger partial charge in [0.25, 0.3) is 0 Å². The van der Waals surface area contributed by atoms with Crippen molar-refractivity contribution >= 4 is 17.3 Å². The van der Waals surface area contributed by atoms with E-state index in [1.807, 2.05) is 0 Å². The van der Waals surface area contributed by atoms with Crippen molar-refractivity contribution in [2.24, 2.45) is 0 Å². The molecule has 1 rings (SSSR count). The maximum atomic E-state index is 5.88. The number of ether oxygens (including phenoxy) is 1. The van der Waals surface area contributed by atoms with Crippen molar-refractivity contribution in [3.8, 4) is 0 Å². The van der Waals surface area contributed by atoms with Crippen LogP contribution in [0.2, 0.25) is 0 Å². The number of aromatic nitrogens is 2. The third-order valence-electron chi connectivity index (χ3n) is 1.90. The highest BCUT2D eigenvalue weighted by Crippen LogP contribution is 2.21. The summed E-state index contributed by atoms with van der Waals surface area (Å²) in [5, 5.41) is 6.09. The van der Waals surface area contributed by atoms with Gasteiger partial charge in [0.05, 0.1) is 6.61 Å². The summed E-state index contributed by atoms with van der Waals surface area (Å²) in [6.45, 7) is 5.47. The molecule has 1 aromatic heterocycles. The minimum atomic E-state index is 0.500. The summed E-state index contributed by atoms with van der Waals surface area (Å²) in [7, 11) is 1.64. The van der Waals surface area contributed by atoms with Crippen LogP contribution in [0.4, 0.5) is 17.3 Å². The van der Waals surface area contributed by atoms with Gasteiger partial charge in [0, 0.05) is 20.2 Å². The second kappa shape index (κ2) is 6.62. The molecule has 0 aliphatic heterocycles. The maximum absolute atomic E-state index is 5.88. The van der Waals surface area contributed by atoms with Crippen LogP contribution >= 0.6 is 0 Å². The quantitative estimate of drug-likeness (QED) is 0.466. The van der Waals surface area contributed by atoms with Crippen molar-refractivity contribution in [3.05, 3.63) is 19.0 Å². The Hall–Kier alpha value is -1.82. The highest BCUT2D eigenvalue weighted by Gasteiger charge is 2.05. The Kier molecular flexibility index (Phi) is 5.07. The van der Waals surface area contributed by atoms with Crippen molar-refractivity contribution in [2.75, 3.05) is 43.2 Å². The van der Waals surface area contributed by atoms with E-state index in [1.54, 1.807) is 13.2 Å². The van der Waals surface area contributed by atoms with Crippen molar-refractivity contribution in [2.45, 2.75) is 0 Å². The van der Waals surface area contributed by atoms with Gasteiger partial charge in [-0.2, -0.15) is 0 Å². The molecule has 1 heterocycles. The van der Waals surface area contributed by atoms with Gasteiger partial charge in [0.15, 0.2) is 11.6 Å². The lowest BCUT2D eigenvalue weighted by Gasteiger charge is -2.11. The summed E-state index contributed by atoms with van der Waals surface area (Å²) in [5.41, 5.74) is 6.38. The molecular weight excluding hydrogens is 206 g/mol. The van der Waals surface area contributed by atoms with E-state index in [2.05, 4.69) is 27.2 Å². The second-order valence-corrected chi connectivity index (χ2v) is 3.07. The highest BCUT2D eigenvalue weighted by molar-refractivity contribution is 5.73. The summed E-state index contributed by atoms with van der Waals surface area (Å²) < 4.78 is 4.92.